The molecule has 2 aromatic rings. The van der Waals surface area contributed by atoms with Crippen molar-refractivity contribution in [3.63, 3.8) is 0 Å². The second-order valence-electron chi connectivity index (χ2n) is 7.18. The lowest BCUT2D eigenvalue weighted by Gasteiger charge is -2.38. The average molecular weight is 399 g/mol. The second-order valence-corrected chi connectivity index (χ2v) is 7.18. The Kier molecular flexibility index (Phi) is 7.52. The SMILES string of the molecule is CCC(Cc1ccccc1)(C(=O)c1ccc(C2CNCCO2)cc1)N(OC)OC. The number of benzene rings is 2. The van der Waals surface area contributed by atoms with Crippen molar-refractivity contribution < 1.29 is 19.2 Å². The molecule has 1 fully saturated rings. The first kappa shape index (κ1) is 21.6. The molecule has 29 heavy (non-hydrogen) atoms. The van der Waals surface area contributed by atoms with Crippen LogP contribution < -0.4 is 5.32 Å². The first-order valence-corrected chi connectivity index (χ1v) is 10.0. The quantitative estimate of drug-likeness (QED) is 0.516. The Morgan fingerprint density at radius 1 is 1.14 bits per heavy atom. The molecule has 0 saturated carbocycles. The Balaban J connectivity index is 1.90. The molecule has 3 rings (SSSR count). The van der Waals surface area contributed by atoms with Gasteiger partial charge in [-0.1, -0.05) is 66.7 Å². The van der Waals surface area contributed by atoms with Crippen LogP contribution in [0.1, 0.15) is 40.9 Å². The summed E-state index contributed by atoms with van der Waals surface area (Å²) in [5.74, 6) is -0.0400. The molecule has 1 N–H and O–H groups in total. The third kappa shape index (κ3) is 4.74. The van der Waals surface area contributed by atoms with E-state index >= 15 is 0 Å². The van der Waals surface area contributed by atoms with Gasteiger partial charge in [-0.15, -0.1) is 0 Å². The summed E-state index contributed by atoms with van der Waals surface area (Å²) in [6, 6.07) is 17.6. The highest BCUT2D eigenvalue weighted by atomic mass is 16.9. The van der Waals surface area contributed by atoms with Gasteiger partial charge in [-0.2, -0.15) is 0 Å². The van der Waals surface area contributed by atoms with Crippen molar-refractivity contribution in [3.8, 4) is 0 Å². The molecule has 0 amide bonds. The number of hydroxylamine groups is 2. The normalized spacial score (nSPS) is 19.1. The number of ketones is 1. The van der Waals surface area contributed by atoms with E-state index in [0.29, 0.717) is 25.0 Å². The van der Waals surface area contributed by atoms with E-state index in [0.717, 1.165) is 24.2 Å². The summed E-state index contributed by atoms with van der Waals surface area (Å²) in [6.45, 7) is 4.32. The first-order chi connectivity index (χ1) is 14.1. The average Bonchev–Trinajstić information content (AvgIpc) is 2.80. The van der Waals surface area contributed by atoms with Gasteiger partial charge in [-0.05, 0) is 17.5 Å². The van der Waals surface area contributed by atoms with Crippen LogP contribution in [0, 0.1) is 0 Å². The summed E-state index contributed by atoms with van der Waals surface area (Å²) in [7, 11) is 3.03. The minimum absolute atomic E-state index is 0.0163. The molecule has 0 radical (unpaired) electrons. The Morgan fingerprint density at radius 2 is 1.83 bits per heavy atom. The van der Waals surface area contributed by atoms with E-state index < -0.39 is 5.54 Å². The highest BCUT2D eigenvalue weighted by Gasteiger charge is 2.45. The molecule has 0 aromatic heterocycles. The molecule has 1 saturated heterocycles. The molecule has 2 aromatic carbocycles. The highest BCUT2D eigenvalue weighted by Crippen LogP contribution is 2.30. The minimum Gasteiger partial charge on any atom is -0.371 e. The molecular formula is C23H30N2O4. The lowest BCUT2D eigenvalue weighted by molar-refractivity contribution is -0.380. The zero-order valence-corrected chi connectivity index (χ0v) is 17.4. The standard InChI is InChI=1S/C23H30N2O4/c1-4-23(25(27-2)28-3,16-18-8-6-5-7-9-18)22(26)20-12-10-19(11-13-20)21-17-24-14-15-29-21/h5-13,21,24H,4,14-17H2,1-3H3. The van der Waals surface area contributed by atoms with Crippen LogP contribution in [0.5, 0.6) is 0 Å². The van der Waals surface area contributed by atoms with Gasteiger partial charge in [0.25, 0.3) is 0 Å². The molecule has 1 aliphatic rings. The number of rotatable bonds is 9. The maximum absolute atomic E-state index is 13.7. The second kappa shape index (κ2) is 10.1. The minimum atomic E-state index is -0.977. The summed E-state index contributed by atoms with van der Waals surface area (Å²) >= 11 is 0. The number of nitrogens with one attached hydrogen (secondary N) is 1. The van der Waals surface area contributed by atoms with E-state index in [1.807, 2.05) is 61.5 Å². The summed E-state index contributed by atoms with van der Waals surface area (Å²) in [6.07, 6.45) is 1.02. The van der Waals surface area contributed by atoms with Gasteiger partial charge in [-0.3, -0.25) is 14.5 Å². The largest absolute Gasteiger partial charge is 0.371 e. The van der Waals surface area contributed by atoms with E-state index in [1.165, 1.54) is 19.4 Å². The highest BCUT2D eigenvalue weighted by molar-refractivity contribution is 6.03. The molecule has 6 heteroatoms. The number of ether oxygens (including phenoxy) is 1. The van der Waals surface area contributed by atoms with Crippen LogP contribution in [0.2, 0.25) is 0 Å². The predicted octanol–water partition coefficient (Wildman–Crippen LogP) is 3.35. The molecular weight excluding hydrogens is 368 g/mol. The van der Waals surface area contributed by atoms with Crippen LogP contribution in [0.25, 0.3) is 0 Å². The number of hydrogen-bond donors (Lipinski definition) is 1. The maximum Gasteiger partial charge on any atom is 0.188 e. The molecule has 0 aliphatic carbocycles. The van der Waals surface area contributed by atoms with Crippen molar-refractivity contribution >= 4 is 5.78 Å². The zero-order chi connectivity index (χ0) is 20.7. The molecule has 0 bridgehead atoms. The third-order valence-corrected chi connectivity index (χ3v) is 5.50. The fourth-order valence-electron chi connectivity index (χ4n) is 3.90. The summed E-state index contributed by atoms with van der Waals surface area (Å²) in [4.78, 5) is 24.6. The number of Topliss-reactive ketones (excluding diaryl/α,β-unsaturated/α-hetero) is 1. The van der Waals surface area contributed by atoms with Gasteiger partial charge >= 0.3 is 0 Å². The molecule has 2 unspecified atom stereocenters. The van der Waals surface area contributed by atoms with Crippen molar-refractivity contribution in [2.45, 2.75) is 31.4 Å². The predicted molar refractivity (Wildman–Crippen MR) is 111 cm³/mol. The number of carbonyl (C=O) groups excluding carboxylic acids is 1. The Morgan fingerprint density at radius 3 is 2.38 bits per heavy atom. The fraction of sp³-hybridized carbons (Fsp3) is 0.435. The van der Waals surface area contributed by atoms with Crippen LogP contribution >= 0.6 is 0 Å². The van der Waals surface area contributed by atoms with Crippen LogP contribution in [-0.2, 0) is 20.8 Å². The van der Waals surface area contributed by atoms with Gasteiger partial charge in [0.05, 0.1) is 26.9 Å². The van der Waals surface area contributed by atoms with Crippen LogP contribution in [0.4, 0.5) is 0 Å². The third-order valence-electron chi connectivity index (χ3n) is 5.50. The summed E-state index contributed by atoms with van der Waals surface area (Å²) < 4.78 is 5.81. The smallest absolute Gasteiger partial charge is 0.188 e. The monoisotopic (exact) mass is 398 g/mol. The maximum atomic E-state index is 13.7. The topological polar surface area (TPSA) is 60.0 Å². The van der Waals surface area contributed by atoms with Crippen molar-refractivity contribution in [1.29, 1.82) is 0 Å². The molecule has 6 nitrogen and oxygen atoms in total. The number of hydrogen-bond acceptors (Lipinski definition) is 6. The van der Waals surface area contributed by atoms with Gasteiger partial charge in [-0.25, -0.2) is 0 Å². The van der Waals surface area contributed by atoms with Crippen molar-refractivity contribution in [3.05, 3.63) is 71.3 Å². The zero-order valence-electron chi connectivity index (χ0n) is 17.4. The molecule has 156 valence electrons. The molecule has 1 heterocycles. The van der Waals surface area contributed by atoms with E-state index in [4.69, 9.17) is 14.4 Å². The van der Waals surface area contributed by atoms with Gasteiger partial charge in [0.2, 0.25) is 0 Å². The number of morpholine rings is 1. The molecule has 2 atom stereocenters. The van der Waals surface area contributed by atoms with Crippen molar-refractivity contribution in [2.75, 3.05) is 33.9 Å². The Bertz CT molecular complexity index is 771. The lowest BCUT2D eigenvalue weighted by Crippen LogP contribution is -2.55. The van der Waals surface area contributed by atoms with Crippen molar-refractivity contribution in [1.82, 2.24) is 10.5 Å². The summed E-state index contributed by atoms with van der Waals surface area (Å²) in [5, 5.41) is 4.65. The van der Waals surface area contributed by atoms with E-state index in [2.05, 4.69) is 5.32 Å². The van der Waals surface area contributed by atoms with Gasteiger partial charge in [0.15, 0.2) is 5.78 Å². The Hall–Kier alpha value is -2.09. The van der Waals surface area contributed by atoms with E-state index in [9.17, 15) is 4.79 Å². The summed E-state index contributed by atoms with van der Waals surface area (Å²) in [5.41, 5.74) is 1.75. The lowest BCUT2D eigenvalue weighted by atomic mass is 9.81. The van der Waals surface area contributed by atoms with E-state index in [-0.39, 0.29) is 11.9 Å². The van der Waals surface area contributed by atoms with Gasteiger partial charge in [0.1, 0.15) is 5.54 Å². The molecule has 1 aliphatic heterocycles. The van der Waals surface area contributed by atoms with Crippen LogP contribution in [0.3, 0.4) is 0 Å². The number of carbonyl (C=O) groups is 1. The first-order valence-electron chi connectivity index (χ1n) is 10.0. The fourth-order valence-corrected chi connectivity index (χ4v) is 3.90. The van der Waals surface area contributed by atoms with E-state index in [1.54, 1.807) is 0 Å². The van der Waals surface area contributed by atoms with Gasteiger partial charge < -0.3 is 10.1 Å². The van der Waals surface area contributed by atoms with Crippen molar-refractivity contribution in [2.24, 2.45) is 0 Å². The van der Waals surface area contributed by atoms with Crippen LogP contribution in [0.15, 0.2) is 54.6 Å². The van der Waals surface area contributed by atoms with Gasteiger partial charge in [0, 0.05) is 25.1 Å². The number of nitrogens with zero attached hydrogens (tertiary/aromatic N) is 1. The Labute approximate surface area is 172 Å². The van der Waals surface area contributed by atoms with Crippen LogP contribution in [-0.4, -0.2) is 50.5 Å². The molecule has 0 spiro atoms.